The lowest BCUT2D eigenvalue weighted by molar-refractivity contribution is 0.0694. The fourth-order valence-corrected chi connectivity index (χ4v) is 2.17. The number of benzene rings is 2. The van der Waals surface area contributed by atoms with E-state index in [2.05, 4.69) is 4.98 Å². The van der Waals surface area contributed by atoms with Crippen LogP contribution in [-0.4, -0.2) is 25.7 Å². The second-order valence-corrected chi connectivity index (χ2v) is 4.70. The second-order valence-electron chi connectivity index (χ2n) is 4.70. The number of hydrogen-bond donors (Lipinski definition) is 3. The fraction of sp³-hybridized carbons (Fsp3) is 0. The van der Waals surface area contributed by atoms with E-state index in [1.807, 2.05) is 0 Å². The van der Waals surface area contributed by atoms with Gasteiger partial charge in [0.05, 0.1) is 16.6 Å². The van der Waals surface area contributed by atoms with E-state index in [9.17, 15) is 14.7 Å². The number of aromatic nitrogens is 2. The van der Waals surface area contributed by atoms with Crippen molar-refractivity contribution in [2.24, 2.45) is 0 Å². The van der Waals surface area contributed by atoms with E-state index in [-0.39, 0.29) is 11.1 Å². The van der Waals surface area contributed by atoms with E-state index in [1.165, 1.54) is 35.2 Å². The Kier molecular flexibility index (Phi) is 3.03. The standard InChI is InChI=1S/C15H11N3O4/c16-8-1-4-12-11(5-8)14(20)18(7-17-12)9-2-3-10(15(21)22)13(19)6-9/h1-7,19H,16H2,(H,21,22). The summed E-state index contributed by atoms with van der Waals surface area (Å²) in [6, 6.07) is 8.65. The number of nitrogens with two attached hydrogens (primary N) is 1. The molecule has 0 atom stereocenters. The van der Waals surface area contributed by atoms with Crippen LogP contribution in [0.4, 0.5) is 5.69 Å². The first kappa shape index (κ1) is 13.6. The van der Waals surface area contributed by atoms with Gasteiger partial charge in [-0.25, -0.2) is 9.78 Å². The van der Waals surface area contributed by atoms with Crippen LogP contribution in [-0.2, 0) is 0 Å². The van der Waals surface area contributed by atoms with E-state index in [1.54, 1.807) is 12.1 Å². The average molecular weight is 297 g/mol. The molecular formula is C15H11N3O4. The molecule has 3 rings (SSSR count). The number of aromatic carboxylic acids is 1. The topological polar surface area (TPSA) is 118 Å². The SMILES string of the molecule is Nc1ccc2ncn(-c3ccc(C(=O)O)c(O)c3)c(=O)c2c1. The third-order valence-corrected chi connectivity index (χ3v) is 3.27. The summed E-state index contributed by atoms with van der Waals surface area (Å²) in [5.74, 6) is -1.68. The predicted molar refractivity (Wildman–Crippen MR) is 80.4 cm³/mol. The number of nitrogen functional groups attached to an aromatic ring is 1. The lowest BCUT2D eigenvalue weighted by Crippen LogP contribution is -2.19. The molecule has 7 heteroatoms. The molecule has 0 amide bonds. The molecule has 0 fully saturated rings. The normalized spacial score (nSPS) is 10.7. The van der Waals surface area contributed by atoms with Gasteiger partial charge in [-0.05, 0) is 30.3 Å². The summed E-state index contributed by atoms with van der Waals surface area (Å²) >= 11 is 0. The number of fused-ring (bicyclic) bond motifs is 1. The highest BCUT2D eigenvalue weighted by molar-refractivity contribution is 5.91. The van der Waals surface area contributed by atoms with Gasteiger partial charge in [0, 0.05) is 11.8 Å². The number of anilines is 1. The quantitative estimate of drug-likeness (QED) is 0.615. The molecule has 0 aliphatic carbocycles. The number of carboxylic acids is 1. The number of carboxylic acid groups (broad SMARTS) is 1. The highest BCUT2D eigenvalue weighted by Gasteiger charge is 2.12. The Bertz CT molecular complexity index is 963. The van der Waals surface area contributed by atoms with Crippen molar-refractivity contribution in [3.05, 3.63) is 58.6 Å². The molecule has 0 spiro atoms. The number of nitrogens with zero attached hydrogens (tertiary/aromatic N) is 2. The number of phenols is 1. The van der Waals surface area contributed by atoms with Crippen molar-refractivity contribution in [1.82, 2.24) is 9.55 Å². The number of rotatable bonds is 2. The first-order valence-corrected chi connectivity index (χ1v) is 6.31. The van der Waals surface area contributed by atoms with Crippen molar-refractivity contribution in [3.63, 3.8) is 0 Å². The maximum absolute atomic E-state index is 12.5. The van der Waals surface area contributed by atoms with Gasteiger partial charge in [0.25, 0.3) is 5.56 Å². The summed E-state index contributed by atoms with van der Waals surface area (Å²) in [4.78, 5) is 27.5. The minimum absolute atomic E-state index is 0.241. The van der Waals surface area contributed by atoms with Crippen molar-refractivity contribution < 1.29 is 15.0 Å². The zero-order valence-corrected chi connectivity index (χ0v) is 11.2. The van der Waals surface area contributed by atoms with Crippen molar-refractivity contribution in [2.45, 2.75) is 0 Å². The van der Waals surface area contributed by atoms with Gasteiger partial charge in [-0.3, -0.25) is 9.36 Å². The van der Waals surface area contributed by atoms with Crippen molar-refractivity contribution in [1.29, 1.82) is 0 Å². The van der Waals surface area contributed by atoms with E-state index >= 15 is 0 Å². The molecule has 110 valence electrons. The smallest absolute Gasteiger partial charge is 0.339 e. The van der Waals surface area contributed by atoms with Gasteiger partial charge in [-0.2, -0.15) is 0 Å². The largest absolute Gasteiger partial charge is 0.507 e. The van der Waals surface area contributed by atoms with Gasteiger partial charge in [0.1, 0.15) is 17.6 Å². The Morgan fingerprint density at radius 1 is 1.18 bits per heavy atom. The molecule has 2 aromatic carbocycles. The molecule has 3 aromatic rings. The highest BCUT2D eigenvalue weighted by atomic mass is 16.4. The molecule has 1 heterocycles. The number of aromatic hydroxyl groups is 1. The van der Waals surface area contributed by atoms with Crippen LogP contribution in [0, 0.1) is 0 Å². The Balaban J connectivity index is 2.22. The van der Waals surface area contributed by atoms with Crippen LogP contribution < -0.4 is 11.3 Å². The van der Waals surface area contributed by atoms with E-state index in [4.69, 9.17) is 10.8 Å². The third kappa shape index (κ3) is 2.14. The minimum atomic E-state index is -1.25. The first-order valence-electron chi connectivity index (χ1n) is 6.31. The van der Waals surface area contributed by atoms with Crippen molar-refractivity contribution in [3.8, 4) is 11.4 Å². The Morgan fingerprint density at radius 3 is 2.64 bits per heavy atom. The average Bonchev–Trinajstić information content (AvgIpc) is 2.47. The summed E-state index contributed by atoms with van der Waals surface area (Å²) < 4.78 is 1.22. The van der Waals surface area contributed by atoms with E-state index in [0.29, 0.717) is 22.3 Å². The molecule has 4 N–H and O–H groups in total. The molecule has 0 aliphatic rings. The van der Waals surface area contributed by atoms with Crippen LogP contribution >= 0.6 is 0 Å². The minimum Gasteiger partial charge on any atom is -0.507 e. The fourth-order valence-electron chi connectivity index (χ4n) is 2.17. The second kappa shape index (κ2) is 4.88. The van der Waals surface area contributed by atoms with Gasteiger partial charge in [0.2, 0.25) is 0 Å². The summed E-state index contributed by atoms with van der Waals surface area (Å²) in [6.07, 6.45) is 1.32. The Morgan fingerprint density at radius 2 is 1.95 bits per heavy atom. The van der Waals surface area contributed by atoms with Crippen molar-refractivity contribution >= 4 is 22.6 Å². The Hall–Kier alpha value is -3.35. The third-order valence-electron chi connectivity index (χ3n) is 3.27. The molecule has 22 heavy (non-hydrogen) atoms. The molecule has 0 saturated carbocycles. The van der Waals surface area contributed by atoms with Gasteiger partial charge < -0.3 is 15.9 Å². The number of hydrogen-bond acceptors (Lipinski definition) is 5. The van der Waals surface area contributed by atoms with Crippen LogP contribution in [0.5, 0.6) is 5.75 Å². The predicted octanol–water partition coefficient (Wildman–Crippen LogP) is 1.37. The van der Waals surface area contributed by atoms with Crippen LogP contribution in [0.1, 0.15) is 10.4 Å². The van der Waals surface area contributed by atoms with Gasteiger partial charge in [-0.15, -0.1) is 0 Å². The van der Waals surface area contributed by atoms with Crippen LogP contribution in [0.3, 0.4) is 0 Å². The molecule has 0 radical (unpaired) electrons. The molecule has 0 bridgehead atoms. The van der Waals surface area contributed by atoms with Gasteiger partial charge >= 0.3 is 5.97 Å². The number of carbonyl (C=O) groups is 1. The maximum Gasteiger partial charge on any atom is 0.339 e. The van der Waals surface area contributed by atoms with E-state index < -0.39 is 11.7 Å². The lowest BCUT2D eigenvalue weighted by atomic mass is 10.1. The monoisotopic (exact) mass is 297 g/mol. The summed E-state index contributed by atoms with van der Waals surface area (Å²) in [5.41, 5.74) is 6.32. The molecular weight excluding hydrogens is 286 g/mol. The summed E-state index contributed by atoms with van der Waals surface area (Å²) in [5, 5.41) is 19.0. The first-order chi connectivity index (χ1) is 10.5. The maximum atomic E-state index is 12.5. The zero-order valence-electron chi connectivity index (χ0n) is 11.2. The molecule has 1 aromatic heterocycles. The van der Waals surface area contributed by atoms with E-state index in [0.717, 1.165) is 0 Å². The van der Waals surface area contributed by atoms with Crippen LogP contribution in [0.25, 0.3) is 16.6 Å². The molecule has 0 unspecified atom stereocenters. The van der Waals surface area contributed by atoms with Crippen LogP contribution in [0.2, 0.25) is 0 Å². The molecule has 7 nitrogen and oxygen atoms in total. The molecule has 0 saturated heterocycles. The van der Waals surface area contributed by atoms with Crippen molar-refractivity contribution in [2.75, 3.05) is 5.73 Å². The van der Waals surface area contributed by atoms with Gasteiger partial charge in [0.15, 0.2) is 0 Å². The Labute approximate surface area is 123 Å². The van der Waals surface area contributed by atoms with Crippen LogP contribution in [0.15, 0.2) is 47.5 Å². The highest BCUT2D eigenvalue weighted by Crippen LogP contribution is 2.21. The lowest BCUT2D eigenvalue weighted by Gasteiger charge is -2.08. The van der Waals surface area contributed by atoms with Gasteiger partial charge in [-0.1, -0.05) is 0 Å². The zero-order chi connectivity index (χ0) is 15.9. The summed E-state index contributed by atoms with van der Waals surface area (Å²) in [7, 11) is 0. The summed E-state index contributed by atoms with van der Waals surface area (Å²) in [6.45, 7) is 0. The molecule has 0 aliphatic heterocycles.